The summed E-state index contributed by atoms with van der Waals surface area (Å²) in [6.07, 6.45) is -3.28. The van der Waals surface area contributed by atoms with Crippen molar-refractivity contribution >= 4 is 32.7 Å². The molecule has 31 heavy (non-hydrogen) atoms. The molecule has 0 bridgehead atoms. The van der Waals surface area contributed by atoms with Crippen LogP contribution < -0.4 is 5.56 Å². The Kier molecular flexibility index (Phi) is 6.23. The SMILES string of the molecule is CCCn1c(Cn2cc(C(F)(F)F)cc(Cl)c2=O)nc2cc(S(=O)(=O)N(C)C)ccc21. The first-order chi connectivity index (χ1) is 14.4. The average Bonchev–Trinajstić information content (AvgIpc) is 3.01. The van der Waals surface area contributed by atoms with Crippen molar-refractivity contribution in [1.82, 2.24) is 18.4 Å². The lowest BCUT2D eigenvalue weighted by atomic mass is 10.2. The van der Waals surface area contributed by atoms with Gasteiger partial charge >= 0.3 is 6.18 Å². The summed E-state index contributed by atoms with van der Waals surface area (Å²) < 4.78 is 68.0. The Labute approximate surface area is 181 Å². The Morgan fingerprint density at radius 1 is 1.19 bits per heavy atom. The number of benzene rings is 1. The van der Waals surface area contributed by atoms with E-state index in [2.05, 4.69) is 4.98 Å². The lowest BCUT2D eigenvalue weighted by Gasteiger charge is -2.13. The van der Waals surface area contributed by atoms with Crippen LogP contribution in [0, 0.1) is 0 Å². The molecule has 0 spiro atoms. The average molecular weight is 477 g/mol. The highest BCUT2D eigenvalue weighted by Gasteiger charge is 2.32. The summed E-state index contributed by atoms with van der Waals surface area (Å²) in [6, 6.07) is 5.04. The number of hydrogen-bond acceptors (Lipinski definition) is 4. The summed E-state index contributed by atoms with van der Waals surface area (Å²) >= 11 is 5.74. The van der Waals surface area contributed by atoms with Crippen LogP contribution in [-0.2, 0) is 29.3 Å². The van der Waals surface area contributed by atoms with Gasteiger partial charge in [-0.3, -0.25) is 4.79 Å². The number of pyridine rings is 1. The molecule has 0 fully saturated rings. The Balaban J connectivity index is 2.16. The molecular weight excluding hydrogens is 457 g/mol. The van der Waals surface area contributed by atoms with Gasteiger partial charge in [0.2, 0.25) is 10.0 Å². The minimum atomic E-state index is -4.67. The Morgan fingerprint density at radius 3 is 2.45 bits per heavy atom. The summed E-state index contributed by atoms with van der Waals surface area (Å²) in [4.78, 5) is 16.8. The highest BCUT2D eigenvalue weighted by Crippen LogP contribution is 2.30. The zero-order valence-electron chi connectivity index (χ0n) is 16.9. The van der Waals surface area contributed by atoms with E-state index < -0.39 is 32.3 Å². The van der Waals surface area contributed by atoms with Crippen molar-refractivity contribution in [3.05, 3.63) is 57.2 Å². The number of aromatic nitrogens is 3. The van der Waals surface area contributed by atoms with Crippen LogP contribution in [0.5, 0.6) is 0 Å². The molecular formula is C19H20ClF3N4O3S. The third-order valence-electron chi connectivity index (χ3n) is 4.71. The highest BCUT2D eigenvalue weighted by atomic mass is 35.5. The second kappa shape index (κ2) is 8.29. The molecule has 0 aliphatic heterocycles. The van der Waals surface area contributed by atoms with E-state index in [1.54, 1.807) is 10.6 Å². The maximum Gasteiger partial charge on any atom is 0.417 e. The number of sulfonamides is 1. The van der Waals surface area contributed by atoms with Gasteiger partial charge in [-0.25, -0.2) is 17.7 Å². The predicted octanol–water partition coefficient (Wildman–Crippen LogP) is 3.58. The number of imidazole rings is 1. The highest BCUT2D eigenvalue weighted by molar-refractivity contribution is 7.89. The fourth-order valence-electron chi connectivity index (χ4n) is 3.15. The van der Waals surface area contributed by atoms with Crippen LogP contribution in [0.2, 0.25) is 5.02 Å². The van der Waals surface area contributed by atoms with E-state index in [-0.39, 0.29) is 11.4 Å². The molecule has 168 valence electrons. The van der Waals surface area contributed by atoms with Crippen molar-refractivity contribution in [2.24, 2.45) is 0 Å². The number of halogens is 4. The lowest BCUT2D eigenvalue weighted by molar-refractivity contribution is -0.138. The summed E-state index contributed by atoms with van der Waals surface area (Å²) in [5.74, 6) is 0.314. The van der Waals surface area contributed by atoms with Crippen molar-refractivity contribution in [1.29, 1.82) is 0 Å². The maximum absolute atomic E-state index is 13.2. The number of rotatable bonds is 6. The van der Waals surface area contributed by atoms with E-state index >= 15 is 0 Å². The molecule has 12 heteroatoms. The summed E-state index contributed by atoms with van der Waals surface area (Å²) in [5.41, 5.74) is -0.853. The van der Waals surface area contributed by atoms with E-state index in [9.17, 15) is 26.4 Å². The minimum Gasteiger partial charge on any atom is -0.326 e. The van der Waals surface area contributed by atoms with Crippen molar-refractivity contribution in [3.63, 3.8) is 0 Å². The van der Waals surface area contributed by atoms with Crippen molar-refractivity contribution in [2.45, 2.75) is 37.5 Å². The van der Waals surface area contributed by atoms with Crippen LogP contribution in [0.25, 0.3) is 11.0 Å². The second-order valence-electron chi connectivity index (χ2n) is 7.13. The quantitative estimate of drug-likeness (QED) is 0.545. The number of hydrogen-bond donors (Lipinski definition) is 0. The maximum atomic E-state index is 13.2. The monoisotopic (exact) mass is 476 g/mol. The van der Waals surface area contributed by atoms with Crippen LogP contribution in [0.1, 0.15) is 24.7 Å². The van der Waals surface area contributed by atoms with Crippen LogP contribution in [-0.4, -0.2) is 40.9 Å². The third-order valence-corrected chi connectivity index (χ3v) is 6.79. The molecule has 0 unspecified atom stereocenters. The first-order valence-corrected chi connectivity index (χ1v) is 11.1. The molecule has 0 N–H and O–H groups in total. The molecule has 0 saturated carbocycles. The van der Waals surface area contributed by atoms with E-state index in [0.29, 0.717) is 42.1 Å². The van der Waals surface area contributed by atoms with Crippen LogP contribution in [0.3, 0.4) is 0 Å². The van der Waals surface area contributed by atoms with E-state index in [4.69, 9.17) is 11.6 Å². The number of alkyl halides is 3. The third kappa shape index (κ3) is 4.48. The lowest BCUT2D eigenvalue weighted by Crippen LogP contribution is -2.24. The Bertz CT molecular complexity index is 1300. The van der Waals surface area contributed by atoms with Crippen LogP contribution >= 0.6 is 11.6 Å². The smallest absolute Gasteiger partial charge is 0.326 e. The molecule has 7 nitrogen and oxygen atoms in total. The van der Waals surface area contributed by atoms with Gasteiger partial charge in [-0.15, -0.1) is 0 Å². The van der Waals surface area contributed by atoms with Gasteiger partial charge in [0.05, 0.1) is 28.0 Å². The molecule has 3 aromatic rings. The van der Waals surface area contributed by atoms with Gasteiger partial charge in [-0.05, 0) is 30.7 Å². The molecule has 0 aliphatic rings. The zero-order chi connectivity index (χ0) is 23.1. The van der Waals surface area contributed by atoms with Gasteiger partial charge in [0.25, 0.3) is 5.56 Å². The second-order valence-corrected chi connectivity index (χ2v) is 9.68. The van der Waals surface area contributed by atoms with Gasteiger partial charge in [-0.1, -0.05) is 18.5 Å². The van der Waals surface area contributed by atoms with Gasteiger partial charge in [0, 0.05) is 26.8 Å². The fourth-order valence-corrected chi connectivity index (χ4v) is 4.30. The van der Waals surface area contributed by atoms with Crippen LogP contribution in [0.15, 0.2) is 40.2 Å². The van der Waals surface area contributed by atoms with E-state index in [1.165, 1.54) is 26.2 Å². The largest absolute Gasteiger partial charge is 0.417 e. The van der Waals surface area contributed by atoms with Gasteiger partial charge in [-0.2, -0.15) is 13.2 Å². The normalized spacial score (nSPS) is 12.8. The topological polar surface area (TPSA) is 77.2 Å². The summed E-state index contributed by atoms with van der Waals surface area (Å²) in [6.45, 7) is 2.13. The van der Waals surface area contributed by atoms with Gasteiger partial charge in [0.15, 0.2) is 0 Å². The van der Waals surface area contributed by atoms with Crippen molar-refractivity contribution < 1.29 is 21.6 Å². The van der Waals surface area contributed by atoms with Crippen molar-refractivity contribution in [3.8, 4) is 0 Å². The Morgan fingerprint density at radius 2 is 1.87 bits per heavy atom. The molecule has 2 heterocycles. The number of fused-ring (bicyclic) bond motifs is 1. The molecule has 0 atom stereocenters. The first kappa shape index (κ1) is 23.3. The first-order valence-electron chi connectivity index (χ1n) is 9.25. The van der Waals surface area contributed by atoms with Gasteiger partial charge < -0.3 is 9.13 Å². The number of aryl methyl sites for hydroxylation is 1. The van der Waals surface area contributed by atoms with E-state index in [0.717, 1.165) is 8.87 Å². The summed E-state index contributed by atoms with van der Waals surface area (Å²) in [5, 5.41) is -0.549. The molecule has 0 amide bonds. The molecule has 0 saturated heterocycles. The summed E-state index contributed by atoms with van der Waals surface area (Å²) in [7, 11) is -0.877. The fraction of sp³-hybridized carbons (Fsp3) is 0.368. The zero-order valence-corrected chi connectivity index (χ0v) is 18.5. The molecule has 3 rings (SSSR count). The van der Waals surface area contributed by atoms with Crippen molar-refractivity contribution in [2.75, 3.05) is 14.1 Å². The molecule has 2 aromatic heterocycles. The standard InChI is InChI=1S/C19H20ClF3N4O3S/c1-4-7-27-16-6-5-13(31(29,30)25(2)3)9-15(16)24-17(27)11-26-10-12(19(21,22)23)8-14(20)18(26)28/h5-6,8-10H,4,7,11H2,1-3H3. The number of nitrogens with zero attached hydrogens (tertiary/aromatic N) is 4. The Hall–Kier alpha value is -2.37. The molecule has 0 aliphatic carbocycles. The minimum absolute atomic E-state index is 0.0389. The molecule has 0 radical (unpaired) electrons. The van der Waals surface area contributed by atoms with Crippen LogP contribution in [0.4, 0.5) is 13.2 Å². The van der Waals surface area contributed by atoms with Gasteiger partial charge in [0.1, 0.15) is 10.8 Å². The molecule has 1 aromatic carbocycles. The predicted molar refractivity (Wildman–Crippen MR) is 111 cm³/mol. The van der Waals surface area contributed by atoms with E-state index in [1.807, 2.05) is 6.92 Å².